The van der Waals surface area contributed by atoms with Gasteiger partial charge in [0.15, 0.2) is 0 Å². The molecular weight excluding hydrogens is 1470 g/mol. The summed E-state index contributed by atoms with van der Waals surface area (Å²) >= 11 is 0. The Bertz CT molecular complexity index is 6000. The second-order valence-corrected chi connectivity index (χ2v) is 29.8. The van der Waals surface area contributed by atoms with Crippen molar-refractivity contribution in [2.45, 2.75) is 64.7 Å². The largest absolute Gasteiger partial charge is 3.00 e. The van der Waals surface area contributed by atoms with E-state index in [4.69, 9.17) is 15.0 Å². The Kier molecular flexibility index (Phi) is 15.6. The maximum atomic E-state index is 15.3. The number of aromatic nitrogens is 3. The molecule has 12 aromatic carbocycles. The molecule has 3 aliphatic rings. The quantitative estimate of drug-likeness (QED) is 0.0999. The van der Waals surface area contributed by atoms with Crippen molar-refractivity contribution in [1.82, 2.24) is 15.0 Å². The fourth-order valence-corrected chi connectivity index (χ4v) is 17.0. The van der Waals surface area contributed by atoms with Crippen LogP contribution in [0.1, 0.15) is 112 Å². The molecular formula is C95H71IrN6O3. The van der Waals surface area contributed by atoms with Crippen LogP contribution in [0.2, 0.25) is 0 Å². The second-order valence-electron chi connectivity index (χ2n) is 29.8. The molecule has 3 aliphatic carbocycles. The Hall–Kier alpha value is -11.8. The van der Waals surface area contributed by atoms with E-state index in [1.54, 1.807) is 57.9 Å². The van der Waals surface area contributed by atoms with E-state index in [0.717, 1.165) is 93.6 Å². The Morgan fingerprint density at radius 3 is 1.13 bits per heavy atom. The topological polar surface area (TPSA) is 99.6 Å². The number of hydrogen-bond acceptors (Lipinski definition) is 6. The maximum Gasteiger partial charge on any atom is 3.00 e. The smallest absolute Gasteiger partial charge is 0.310 e. The van der Waals surface area contributed by atoms with Gasteiger partial charge in [-0.2, -0.15) is 0 Å². The first kappa shape index (κ1) is 66.4. The molecule has 10 heteroatoms. The van der Waals surface area contributed by atoms with E-state index in [1.807, 2.05) is 55.5 Å². The molecule has 9 nitrogen and oxygen atoms in total. The number of nitrogens with zero attached hydrogens (tertiary/aromatic N) is 6. The van der Waals surface area contributed by atoms with Crippen molar-refractivity contribution >= 4 is 78.1 Å². The Morgan fingerprint density at radius 1 is 0.343 bits per heavy atom. The molecule has 0 bridgehead atoms. The molecule has 0 unspecified atom stereocenters. The molecule has 0 atom stereocenters. The van der Waals surface area contributed by atoms with Gasteiger partial charge >= 0.3 is 20.1 Å². The van der Waals surface area contributed by atoms with Crippen LogP contribution in [0.4, 0.5) is 17.1 Å². The molecule has 0 radical (unpaired) electrons. The normalized spacial score (nSPS) is 13.7. The number of carbonyl (C=O) groups is 3. The summed E-state index contributed by atoms with van der Waals surface area (Å²) < 4.78 is 0. The van der Waals surface area contributed by atoms with E-state index in [9.17, 15) is 0 Å². The number of rotatable bonds is 10. The molecule has 15 aromatic rings. The summed E-state index contributed by atoms with van der Waals surface area (Å²) in [5.74, 6) is -1.35. The van der Waals surface area contributed by atoms with E-state index < -0.39 is 17.7 Å². The molecule has 3 amide bonds. The van der Waals surface area contributed by atoms with Crippen molar-refractivity contribution in [1.29, 1.82) is 0 Å². The number of aryl methyl sites for hydroxylation is 1. The predicted molar refractivity (Wildman–Crippen MR) is 423 cm³/mol. The summed E-state index contributed by atoms with van der Waals surface area (Å²) in [6, 6.07) is 89.9. The summed E-state index contributed by atoms with van der Waals surface area (Å²) in [6.07, 6.45) is 5.07. The van der Waals surface area contributed by atoms with Gasteiger partial charge in [-0.15, -0.1) is 82.6 Å². The number of anilines is 3. The fourth-order valence-electron chi connectivity index (χ4n) is 17.0. The van der Waals surface area contributed by atoms with Gasteiger partial charge in [-0.1, -0.05) is 221 Å². The maximum absolute atomic E-state index is 15.3. The minimum absolute atomic E-state index is 0. The molecule has 0 spiro atoms. The van der Waals surface area contributed by atoms with Crippen molar-refractivity contribution in [3.8, 4) is 78.0 Å². The first-order valence-electron chi connectivity index (χ1n) is 35.4. The van der Waals surface area contributed by atoms with Gasteiger partial charge in [-0.25, -0.2) is 0 Å². The Balaban J connectivity index is 0.00000813. The van der Waals surface area contributed by atoms with E-state index in [0.29, 0.717) is 17.1 Å². The number of pyridine rings is 3. The summed E-state index contributed by atoms with van der Waals surface area (Å²) in [5, 5.41) is 5.40. The zero-order chi connectivity index (χ0) is 71.4. The number of amides is 3. The first-order valence-corrected chi connectivity index (χ1v) is 35.4. The van der Waals surface area contributed by atoms with Gasteiger partial charge < -0.3 is 29.7 Å². The molecule has 18 rings (SSSR count). The van der Waals surface area contributed by atoms with Crippen molar-refractivity contribution in [2.24, 2.45) is 0 Å². The molecule has 0 N–H and O–H groups in total. The van der Waals surface area contributed by atoms with Crippen LogP contribution in [0.25, 0.3) is 121 Å². The molecule has 3 aromatic heterocycles. The average Bonchev–Trinajstić information content (AvgIpc) is 1.52. The third-order valence-electron chi connectivity index (χ3n) is 22.8. The molecule has 0 aliphatic heterocycles. The van der Waals surface area contributed by atoms with Crippen LogP contribution in [0, 0.1) is 25.1 Å². The molecule has 0 saturated carbocycles. The molecule has 3 heterocycles. The number of benzene rings is 12. The van der Waals surface area contributed by atoms with Crippen LogP contribution in [0.15, 0.2) is 249 Å². The monoisotopic (exact) mass is 1540 g/mol. The number of fused-ring (bicyclic) bond motifs is 15. The van der Waals surface area contributed by atoms with Gasteiger partial charge in [0, 0.05) is 72.7 Å². The fraction of sp³-hybridized carbons (Fsp3) is 0.137. The average molecular weight is 1540 g/mol. The van der Waals surface area contributed by atoms with E-state index >= 15 is 14.4 Å². The summed E-state index contributed by atoms with van der Waals surface area (Å²) in [7, 11) is 5.05. The Labute approximate surface area is 624 Å². The van der Waals surface area contributed by atoms with Crippen LogP contribution in [0.3, 0.4) is 0 Å². The first-order chi connectivity index (χ1) is 50.2. The van der Waals surface area contributed by atoms with E-state index in [-0.39, 0.29) is 53.0 Å². The summed E-state index contributed by atoms with van der Waals surface area (Å²) in [5.41, 5.74) is 27.4. The number of carbonyl (C=O) groups excluding carboxylic acids is 3. The van der Waals surface area contributed by atoms with Crippen LogP contribution in [0.5, 0.6) is 0 Å². The van der Waals surface area contributed by atoms with Crippen molar-refractivity contribution < 1.29 is 34.5 Å². The van der Waals surface area contributed by atoms with Gasteiger partial charge in [0.2, 0.25) is 0 Å². The Morgan fingerprint density at radius 2 is 0.705 bits per heavy atom. The van der Waals surface area contributed by atoms with Gasteiger partial charge in [-0.3, -0.25) is 14.4 Å². The molecule has 0 saturated heterocycles. The van der Waals surface area contributed by atoms with Crippen molar-refractivity contribution in [3.05, 3.63) is 323 Å². The molecule has 105 heavy (non-hydrogen) atoms. The van der Waals surface area contributed by atoms with E-state index in [2.05, 4.69) is 224 Å². The predicted octanol–water partition coefficient (Wildman–Crippen LogP) is 21.6. The van der Waals surface area contributed by atoms with Crippen LogP contribution in [-0.4, -0.2) is 53.8 Å². The van der Waals surface area contributed by atoms with Crippen molar-refractivity contribution in [2.75, 3.05) is 35.8 Å². The van der Waals surface area contributed by atoms with Gasteiger partial charge in [0.05, 0.1) is 17.1 Å². The van der Waals surface area contributed by atoms with Gasteiger partial charge in [0.25, 0.3) is 17.7 Å². The zero-order valence-corrected chi connectivity index (χ0v) is 62.3. The summed E-state index contributed by atoms with van der Waals surface area (Å²) in [4.78, 5) is 65.4. The number of hydrogen-bond donors (Lipinski definition) is 0. The SMILES string of the molecule is Cc1cc(N(C)C(=O)c2cc(C(=O)N(C)c3cnc4c(ccc5c(-c6ccc7c(c6)C(C)(C)c6ccccc6-7)cc[c-]c54)c3)cc(C(=O)N(C)c3cnc4c(ccc5c(-c6ccc7c(c6)C(C)(C)c6ccccc6-7)cc[c-]c54)c3)c2)cnc1-c1[c-]ccc(-c2ccc3c(c2)C(C)(C)c2ccccc2-3)c1.[Ir+3]. The van der Waals surface area contributed by atoms with Crippen LogP contribution in [-0.2, 0) is 36.4 Å². The van der Waals surface area contributed by atoms with E-state index in [1.165, 1.54) is 81.5 Å². The van der Waals surface area contributed by atoms with Gasteiger partial charge in [0.1, 0.15) is 0 Å². The minimum atomic E-state index is -0.450. The third-order valence-corrected chi connectivity index (χ3v) is 22.8. The minimum Gasteiger partial charge on any atom is -0.310 e. The third kappa shape index (κ3) is 10.5. The van der Waals surface area contributed by atoms with Gasteiger partial charge in [-0.05, 0) is 154 Å². The van der Waals surface area contributed by atoms with Crippen molar-refractivity contribution in [3.63, 3.8) is 0 Å². The standard InChI is InChI=1S/C95H71N6O3.Ir/c1-55-42-66(52-96-87(55)60-21-17-20-56(43-60)57-32-39-76-73-22-11-14-29-81(73)93(2,3)84(76)49-57)99(8)90(102)63-44-64(91(103)100(9)67-47-61-35-37-71-69(25-18-27-79(71)88(61)97-53-67)58-33-40-77-74-23-12-15-30-82(74)94(4,5)85(77)50-58)46-65(45-63)92(104)101(10)68-48-62-36-38-72-70(26-19-28-80(72)89(62)98-54-68)59-34-41-78-75-24-13-16-31-83(75)95(6,7)86(78)51-59;/h11-20,22-26,29-54H,1-10H3;/q-3;+3. The molecule has 508 valence electrons. The van der Waals surface area contributed by atoms with Crippen LogP contribution < -0.4 is 14.7 Å². The zero-order valence-electron chi connectivity index (χ0n) is 59.9. The summed E-state index contributed by atoms with van der Waals surface area (Å²) in [6.45, 7) is 15.7. The molecule has 0 fully saturated rings. The van der Waals surface area contributed by atoms with Crippen LogP contribution >= 0.6 is 0 Å². The second kappa shape index (κ2) is 24.7.